The molecule has 1 aliphatic heterocycles. The monoisotopic (exact) mass is 333 g/mol. The Morgan fingerprint density at radius 2 is 2.00 bits per heavy atom. The minimum atomic E-state index is -0.721. The number of nitrogens with one attached hydrogen (secondary N) is 1. The SMILES string of the molecule is CCCCCNC(=O)CCN1C(=O)c2cccc([N+](=O)[O-])c2C1=O. The number of fused-ring (bicyclic) bond motifs is 1. The second kappa shape index (κ2) is 7.67. The van der Waals surface area contributed by atoms with Gasteiger partial charge in [0, 0.05) is 25.6 Å². The van der Waals surface area contributed by atoms with Crippen molar-refractivity contribution in [2.45, 2.75) is 32.6 Å². The fourth-order valence-corrected chi connectivity index (χ4v) is 2.58. The van der Waals surface area contributed by atoms with Crippen LogP contribution in [0.15, 0.2) is 18.2 Å². The molecule has 0 bridgehead atoms. The van der Waals surface area contributed by atoms with Crippen LogP contribution >= 0.6 is 0 Å². The summed E-state index contributed by atoms with van der Waals surface area (Å²) in [6, 6.07) is 3.94. The molecule has 1 aromatic rings. The summed E-state index contributed by atoms with van der Waals surface area (Å²) in [5.74, 6) is -1.57. The van der Waals surface area contributed by atoms with Crippen molar-refractivity contribution in [3.63, 3.8) is 0 Å². The molecule has 0 spiro atoms. The summed E-state index contributed by atoms with van der Waals surface area (Å²) in [4.78, 5) is 47.5. The lowest BCUT2D eigenvalue weighted by Crippen LogP contribution is -2.34. The Hall–Kier alpha value is -2.77. The van der Waals surface area contributed by atoms with Gasteiger partial charge in [-0.05, 0) is 12.5 Å². The molecule has 1 heterocycles. The molecule has 2 rings (SSSR count). The van der Waals surface area contributed by atoms with Gasteiger partial charge >= 0.3 is 0 Å². The molecule has 0 fully saturated rings. The van der Waals surface area contributed by atoms with E-state index < -0.39 is 22.4 Å². The Balaban J connectivity index is 2.00. The minimum Gasteiger partial charge on any atom is -0.356 e. The summed E-state index contributed by atoms with van der Waals surface area (Å²) in [6.45, 7) is 2.52. The van der Waals surface area contributed by atoms with Gasteiger partial charge in [0.2, 0.25) is 5.91 Å². The normalized spacial score (nSPS) is 13.1. The third-order valence-electron chi connectivity index (χ3n) is 3.84. The number of carbonyl (C=O) groups is 3. The zero-order valence-corrected chi connectivity index (χ0v) is 13.4. The van der Waals surface area contributed by atoms with Crippen molar-refractivity contribution >= 4 is 23.4 Å². The first-order valence-electron chi connectivity index (χ1n) is 7.87. The molecule has 0 aromatic heterocycles. The van der Waals surface area contributed by atoms with Crippen LogP contribution in [0.25, 0.3) is 0 Å². The number of nitro benzene ring substituents is 1. The summed E-state index contributed by atoms with van der Waals surface area (Å²) in [7, 11) is 0. The van der Waals surface area contributed by atoms with E-state index in [0.717, 1.165) is 24.2 Å². The molecule has 0 saturated heterocycles. The Kier molecular flexibility index (Phi) is 5.62. The van der Waals surface area contributed by atoms with Gasteiger partial charge in [-0.25, -0.2) is 0 Å². The molecule has 0 atom stereocenters. The molecule has 24 heavy (non-hydrogen) atoms. The fourth-order valence-electron chi connectivity index (χ4n) is 2.58. The third-order valence-corrected chi connectivity index (χ3v) is 3.84. The average Bonchev–Trinajstić information content (AvgIpc) is 2.81. The van der Waals surface area contributed by atoms with Crippen molar-refractivity contribution in [2.24, 2.45) is 0 Å². The van der Waals surface area contributed by atoms with Gasteiger partial charge < -0.3 is 5.32 Å². The first-order chi connectivity index (χ1) is 11.5. The summed E-state index contributed by atoms with van der Waals surface area (Å²) in [5.41, 5.74) is -0.578. The molecule has 0 saturated carbocycles. The molecule has 1 N–H and O–H groups in total. The van der Waals surface area contributed by atoms with Crippen LogP contribution in [-0.4, -0.2) is 40.6 Å². The molecular formula is C16H19N3O5. The molecule has 0 aliphatic carbocycles. The van der Waals surface area contributed by atoms with Crippen molar-refractivity contribution in [1.82, 2.24) is 10.2 Å². The number of hydrogen-bond donors (Lipinski definition) is 1. The van der Waals surface area contributed by atoms with E-state index in [0.29, 0.717) is 6.54 Å². The number of carbonyl (C=O) groups excluding carboxylic acids is 3. The van der Waals surface area contributed by atoms with Crippen LogP contribution in [0, 0.1) is 10.1 Å². The quantitative estimate of drug-likeness (QED) is 0.338. The number of nitro groups is 1. The molecule has 128 valence electrons. The van der Waals surface area contributed by atoms with Gasteiger partial charge in [0.15, 0.2) is 0 Å². The Morgan fingerprint density at radius 3 is 2.67 bits per heavy atom. The fraction of sp³-hybridized carbons (Fsp3) is 0.438. The van der Waals surface area contributed by atoms with E-state index in [2.05, 4.69) is 12.2 Å². The van der Waals surface area contributed by atoms with Crippen molar-refractivity contribution in [3.8, 4) is 0 Å². The van der Waals surface area contributed by atoms with Crippen molar-refractivity contribution in [2.75, 3.05) is 13.1 Å². The maximum Gasteiger partial charge on any atom is 0.282 e. The first-order valence-corrected chi connectivity index (χ1v) is 7.87. The lowest BCUT2D eigenvalue weighted by Gasteiger charge is -2.13. The van der Waals surface area contributed by atoms with Gasteiger partial charge in [-0.2, -0.15) is 0 Å². The predicted octanol–water partition coefficient (Wildman–Crippen LogP) is 1.89. The van der Waals surface area contributed by atoms with Gasteiger partial charge in [-0.3, -0.25) is 29.4 Å². The maximum atomic E-state index is 12.3. The largest absolute Gasteiger partial charge is 0.356 e. The van der Waals surface area contributed by atoms with E-state index in [1.54, 1.807) is 0 Å². The van der Waals surface area contributed by atoms with Gasteiger partial charge in [0.1, 0.15) is 5.56 Å². The Morgan fingerprint density at radius 1 is 1.25 bits per heavy atom. The smallest absolute Gasteiger partial charge is 0.282 e. The van der Waals surface area contributed by atoms with Crippen LogP contribution in [-0.2, 0) is 4.79 Å². The maximum absolute atomic E-state index is 12.3. The van der Waals surface area contributed by atoms with Crippen LogP contribution in [0.4, 0.5) is 5.69 Å². The number of nitrogens with zero attached hydrogens (tertiary/aromatic N) is 2. The molecular weight excluding hydrogens is 314 g/mol. The highest BCUT2D eigenvalue weighted by Crippen LogP contribution is 2.30. The lowest BCUT2D eigenvalue weighted by atomic mass is 10.1. The predicted molar refractivity (Wildman–Crippen MR) is 85.6 cm³/mol. The van der Waals surface area contributed by atoms with E-state index in [1.165, 1.54) is 18.2 Å². The summed E-state index contributed by atoms with van der Waals surface area (Å²) < 4.78 is 0. The minimum absolute atomic E-state index is 0.0116. The Labute approximate surface area is 139 Å². The molecule has 0 radical (unpaired) electrons. The lowest BCUT2D eigenvalue weighted by molar-refractivity contribution is -0.385. The van der Waals surface area contributed by atoms with Crippen molar-refractivity contribution < 1.29 is 19.3 Å². The average molecular weight is 333 g/mol. The van der Waals surface area contributed by atoms with Crippen LogP contribution in [0.3, 0.4) is 0 Å². The summed E-state index contributed by atoms with van der Waals surface area (Å²) in [6.07, 6.45) is 2.92. The number of benzene rings is 1. The van der Waals surface area contributed by atoms with E-state index in [-0.39, 0.29) is 30.0 Å². The molecule has 1 aromatic carbocycles. The number of amides is 3. The second-order valence-electron chi connectivity index (χ2n) is 5.53. The number of imide groups is 1. The van der Waals surface area contributed by atoms with E-state index >= 15 is 0 Å². The molecule has 8 nitrogen and oxygen atoms in total. The van der Waals surface area contributed by atoms with Crippen LogP contribution in [0.1, 0.15) is 53.3 Å². The molecule has 3 amide bonds. The highest BCUT2D eigenvalue weighted by molar-refractivity contribution is 6.23. The van der Waals surface area contributed by atoms with Gasteiger partial charge in [-0.1, -0.05) is 25.8 Å². The van der Waals surface area contributed by atoms with Crippen LogP contribution in [0.2, 0.25) is 0 Å². The van der Waals surface area contributed by atoms with Crippen LogP contribution < -0.4 is 5.32 Å². The van der Waals surface area contributed by atoms with E-state index in [1.807, 2.05) is 0 Å². The highest BCUT2D eigenvalue weighted by Gasteiger charge is 2.40. The van der Waals surface area contributed by atoms with Gasteiger partial charge in [0.25, 0.3) is 17.5 Å². The van der Waals surface area contributed by atoms with Gasteiger partial charge in [0.05, 0.1) is 10.5 Å². The van der Waals surface area contributed by atoms with Crippen molar-refractivity contribution in [3.05, 3.63) is 39.4 Å². The topological polar surface area (TPSA) is 110 Å². The molecule has 1 aliphatic rings. The summed E-state index contributed by atoms with van der Waals surface area (Å²) >= 11 is 0. The number of unbranched alkanes of at least 4 members (excludes halogenated alkanes) is 2. The number of rotatable bonds is 8. The summed E-state index contributed by atoms with van der Waals surface area (Å²) in [5, 5.41) is 13.7. The van der Waals surface area contributed by atoms with Gasteiger partial charge in [-0.15, -0.1) is 0 Å². The Bertz CT molecular complexity index is 686. The zero-order chi connectivity index (χ0) is 17.7. The molecule has 0 unspecified atom stereocenters. The third kappa shape index (κ3) is 3.58. The second-order valence-corrected chi connectivity index (χ2v) is 5.53. The van der Waals surface area contributed by atoms with E-state index in [4.69, 9.17) is 0 Å². The first kappa shape index (κ1) is 17.6. The van der Waals surface area contributed by atoms with E-state index in [9.17, 15) is 24.5 Å². The zero-order valence-electron chi connectivity index (χ0n) is 13.4. The highest BCUT2D eigenvalue weighted by atomic mass is 16.6. The molecule has 8 heteroatoms. The van der Waals surface area contributed by atoms with Crippen molar-refractivity contribution in [1.29, 1.82) is 0 Å². The number of hydrogen-bond acceptors (Lipinski definition) is 5. The standard InChI is InChI=1S/C16H19N3O5/c1-2-3-4-9-17-13(20)8-10-18-15(21)11-6-5-7-12(19(23)24)14(11)16(18)22/h5-7H,2-4,8-10H2,1H3,(H,17,20). The van der Waals surface area contributed by atoms with Crippen LogP contribution in [0.5, 0.6) is 0 Å².